The van der Waals surface area contributed by atoms with Gasteiger partial charge in [0.1, 0.15) is 0 Å². The van der Waals surface area contributed by atoms with Crippen LogP contribution in [0.1, 0.15) is 21.5 Å². The maximum absolute atomic E-state index is 12.4. The quantitative estimate of drug-likeness (QED) is 0.753. The second kappa shape index (κ2) is 7.62. The van der Waals surface area contributed by atoms with Crippen molar-refractivity contribution in [3.63, 3.8) is 0 Å². The van der Waals surface area contributed by atoms with Gasteiger partial charge < -0.3 is 10.3 Å². The van der Waals surface area contributed by atoms with E-state index in [2.05, 4.69) is 10.3 Å². The zero-order valence-electron chi connectivity index (χ0n) is 14.1. The van der Waals surface area contributed by atoms with E-state index >= 15 is 0 Å². The molecule has 1 heterocycles. The van der Waals surface area contributed by atoms with E-state index in [1.807, 2.05) is 55.5 Å². The van der Waals surface area contributed by atoms with Gasteiger partial charge in [0.15, 0.2) is 0 Å². The van der Waals surface area contributed by atoms with Crippen molar-refractivity contribution in [1.29, 1.82) is 0 Å². The second-order valence-electron chi connectivity index (χ2n) is 5.96. The number of aromatic nitrogens is 1. The summed E-state index contributed by atoms with van der Waals surface area (Å²) >= 11 is 0. The van der Waals surface area contributed by atoms with Crippen LogP contribution in [0, 0.1) is 6.92 Å². The van der Waals surface area contributed by atoms with E-state index in [0.29, 0.717) is 18.5 Å². The molecule has 0 aliphatic carbocycles. The summed E-state index contributed by atoms with van der Waals surface area (Å²) in [5.74, 6) is -0.0957. The lowest BCUT2D eigenvalue weighted by Crippen LogP contribution is -2.25. The molecule has 0 unspecified atom stereocenters. The summed E-state index contributed by atoms with van der Waals surface area (Å²) in [6.07, 6.45) is 2.34. The second-order valence-corrected chi connectivity index (χ2v) is 5.96. The summed E-state index contributed by atoms with van der Waals surface area (Å²) in [6, 6.07) is 19.0. The van der Waals surface area contributed by atoms with Crippen LogP contribution in [0.2, 0.25) is 0 Å². The Hall–Kier alpha value is -3.14. The summed E-state index contributed by atoms with van der Waals surface area (Å²) in [6.45, 7) is 2.56. The average molecular weight is 332 g/mol. The Morgan fingerprint density at radius 2 is 1.84 bits per heavy atom. The first kappa shape index (κ1) is 16.7. The molecular formula is C21H20N2O2. The van der Waals surface area contributed by atoms with E-state index in [0.717, 1.165) is 22.3 Å². The number of hydrogen-bond donors (Lipinski definition) is 2. The minimum Gasteiger partial charge on any atom is -0.352 e. The fourth-order valence-corrected chi connectivity index (χ4v) is 2.71. The van der Waals surface area contributed by atoms with Gasteiger partial charge in [0.05, 0.1) is 0 Å². The Balaban J connectivity index is 1.68. The van der Waals surface area contributed by atoms with Crippen LogP contribution in [0.3, 0.4) is 0 Å². The third kappa shape index (κ3) is 4.23. The first-order valence-corrected chi connectivity index (χ1v) is 8.25. The van der Waals surface area contributed by atoms with Gasteiger partial charge in [-0.2, -0.15) is 0 Å². The zero-order chi connectivity index (χ0) is 17.6. The summed E-state index contributed by atoms with van der Waals surface area (Å²) in [5, 5.41) is 2.93. The Morgan fingerprint density at radius 1 is 1.04 bits per heavy atom. The van der Waals surface area contributed by atoms with E-state index in [9.17, 15) is 9.59 Å². The van der Waals surface area contributed by atoms with Crippen molar-refractivity contribution in [2.45, 2.75) is 13.3 Å². The highest BCUT2D eigenvalue weighted by atomic mass is 16.1. The molecule has 0 aliphatic rings. The lowest BCUT2D eigenvalue weighted by atomic mass is 9.98. The molecular weight excluding hydrogens is 312 g/mol. The molecule has 0 saturated carbocycles. The summed E-state index contributed by atoms with van der Waals surface area (Å²) in [5.41, 5.74) is 4.80. The minimum absolute atomic E-state index is 0.0957. The van der Waals surface area contributed by atoms with Gasteiger partial charge in [-0.1, -0.05) is 42.5 Å². The Kier molecular flexibility index (Phi) is 5.09. The highest BCUT2D eigenvalue weighted by molar-refractivity contribution is 5.95. The molecule has 0 fully saturated rings. The lowest BCUT2D eigenvalue weighted by molar-refractivity contribution is 0.0954. The van der Waals surface area contributed by atoms with Crippen LogP contribution < -0.4 is 10.9 Å². The van der Waals surface area contributed by atoms with Gasteiger partial charge >= 0.3 is 0 Å². The number of nitrogens with one attached hydrogen (secondary N) is 2. The number of rotatable bonds is 5. The third-order valence-electron chi connectivity index (χ3n) is 4.13. The van der Waals surface area contributed by atoms with Gasteiger partial charge in [0, 0.05) is 24.4 Å². The standard InChI is InChI=1S/C21H20N2O2/c1-15-7-9-18(13-19(15)17-5-3-2-4-6-17)21(25)22-12-11-16-8-10-20(24)23-14-16/h2-10,13-14H,11-12H2,1H3,(H,22,25)(H,23,24). The van der Waals surface area contributed by atoms with Crippen LogP contribution in [-0.2, 0) is 6.42 Å². The Morgan fingerprint density at radius 3 is 2.56 bits per heavy atom. The fraction of sp³-hybridized carbons (Fsp3) is 0.143. The molecule has 0 aliphatic heterocycles. The summed E-state index contributed by atoms with van der Waals surface area (Å²) in [7, 11) is 0. The number of benzene rings is 2. The van der Waals surface area contributed by atoms with Crippen molar-refractivity contribution in [2.24, 2.45) is 0 Å². The maximum atomic E-state index is 12.4. The molecule has 4 nitrogen and oxygen atoms in total. The van der Waals surface area contributed by atoms with E-state index in [4.69, 9.17) is 0 Å². The molecule has 2 N–H and O–H groups in total. The van der Waals surface area contributed by atoms with Crippen LogP contribution in [0.5, 0.6) is 0 Å². The molecule has 0 spiro atoms. The zero-order valence-corrected chi connectivity index (χ0v) is 14.1. The van der Waals surface area contributed by atoms with Gasteiger partial charge in [-0.3, -0.25) is 9.59 Å². The van der Waals surface area contributed by atoms with Crippen LogP contribution in [0.15, 0.2) is 71.7 Å². The predicted octanol–water partition coefficient (Wildman–Crippen LogP) is 3.32. The molecule has 2 aromatic carbocycles. The molecule has 25 heavy (non-hydrogen) atoms. The number of pyridine rings is 1. The van der Waals surface area contributed by atoms with E-state index < -0.39 is 0 Å². The fourth-order valence-electron chi connectivity index (χ4n) is 2.71. The highest BCUT2D eigenvalue weighted by Crippen LogP contribution is 2.24. The van der Waals surface area contributed by atoms with Crippen molar-refractivity contribution < 1.29 is 4.79 Å². The largest absolute Gasteiger partial charge is 0.352 e. The van der Waals surface area contributed by atoms with Crippen molar-refractivity contribution in [2.75, 3.05) is 6.54 Å². The number of hydrogen-bond acceptors (Lipinski definition) is 2. The SMILES string of the molecule is Cc1ccc(C(=O)NCCc2ccc(=O)[nH]c2)cc1-c1ccccc1. The van der Waals surface area contributed by atoms with Crippen LogP contribution in [0.4, 0.5) is 0 Å². The molecule has 1 amide bonds. The summed E-state index contributed by atoms with van der Waals surface area (Å²) < 4.78 is 0. The number of H-pyrrole nitrogens is 1. The molecule has 126 valence electrons. The lowest BCUT2D eigenvalue weighted by Gasteiger charge is -2.10. The molecule has 3 aromatic rings. The monoisotopic (exact) mass is 332 g/mol. The van der Waals surface area contributed by atoms with Crippen molar-refractivity contribution >= 4 is 5.91 Å². The first-order chi connectivity index (χ1) is 12.1. The third-order valence-corrected chi connectivity index (χ3v) is 4.13. The van der Waals surface area contributed by atoms with Crippen LogP contribution in [0.25, 0.3) is 11.1 Å². The minimum atomic E-state index is -0.124. The van der Waals surface area contributed by atoms with E-state index in [1.165, 1.54) is 6.07 Å². The van der Waals surface area contributed by atoms with Gasteiger partial charge in [-0.25, -0.2) is 0 Å². The first-order valence-electron chi connectivity index (χ1n) is 8.25. The molecule has 1 aromatic heterocycles. The average Bonchev–Trinajstić information content (AvgIpc) is 2.64. The number of aromatic amines is 1. The molecule has 3 rings (SSSR count). The normalized spacial score (nSPS) is 10.4. The summed E-state index contributed by atoms with van der Waals surface area (Å²) in [4.78, 5) is 26.1. The predicted molar refractivity (Wildman–Crippen MR) is 99.7 cm³/mol. The van der Waals surface area contributed by atoms with Crippen LogP contribution >= 0.6 is 0 Å². The smallest absolute Gasteiger partial charge is 0.251 e. The van der Waals surface area contributed by atoms with Gasteiger partial charge in [0.2, 0.25) is 5.56 Å². The number of carbonyl (C=O) groups is 1. The van der Waals surface area contributed by atoms with E-state index in [-0.39, 0.29) is 11.5 Å². The molecule has 0 atom stereocenters. The molecule has 0 radical (unpaired) electrons. The van der Waals surface area contributed by atoms with Gasteiger partial charge in [0.25, 0.3) is 5.91 Å². The molecule has 0 bridgehead atoms. The van der Waals surface area contributed by atoms with Crippen molar-refractivity contribution in [3.05, 3.63) is 93.9 Å². The number of carbonyl (C=O) groups excluding carboxylic acids is 1. The van der Waals surface area contributed by atoms with Crippen molar-refractivity contribution in [3.8, 4) is 11.1 Å². The topological polar surface area (TPSA) is 62.0 Å². The number of aryl methyl sites for hydroxylation is 1. The number of amides is 1. The Bertz CT molecular complexity index is 910. The molecule has 0 saturated heterocycles. The van der Waals surface area contributed by atoms with E-state index in [1.54, 1.807) is 12.3 Å². The Labute approximate surface area is 146 Å². The maximum Gasteiger partial charge on any atom is 0.251 e. The molecule has 4 heteroatoms. The highest BCUT2D eigenvalue weighted by Gasteiger charge is 2.09. The van der Waals surface area contributed by atoms with Crippen molar-refractivity contribution in [1.82, 2.24) is 10.3 Å². The van der Waals surface area contributed by atoms with Gasteiger partial charge in [-0.15, -0.1) is 0 Å². The van der Waals surface area contributed by atoms with Crippen LogP contribution in [-0.4, -0.2) is 17.4 Å². The van der Waals surface area contributed by atoms with Gasteiger partial charge in [-0.05, 0) is 47.7 Å².